The summed E-state index contributed by atoms with van der Waals surface area (Å²) < 4.78 is 12.5. The van der Waals surface area contributed by atoms with Gasteiger partial charge in [0, 0.05) is 11.0 Å². The van der Waals surface area contributed by atoms with E-state index in [1.165, 1.54) is 16.5 Å². The normalized spacial score (nSPS) is 15.6. The topological polar surface area (TPSA) is 31.4 Å². The summed E-state index contributed by atoms with van der Waals surface area (Å²) in [4.78, 5) is 4.86. The van der Waals surface area contributed by atoms with Crippen LogP contribution in [0.3, 0.4) is 0 Å². The highest BCUT2D eigenvalue weighted by Crippen LogP contribution is 2.39. The maximum Gasteiger partial charge on any atom is 0.262 e. The first-order valence-corrected chi connectivity index (χ1v) is 8.49. The Kier molecular flexibility index (Phi) is 2.33. The molecule has 0 fully saturated rings. The molecule has 3 aliphatic rings. The number of pyridine rings is 1. The van der Waals surface area contributed by atoms with Gasteiger partial charge in [-0.2, -0.15) is 0 Å². The Morgan fingerprint density at radius 2 is 1.54 bits per heavy atom. The molecule has 0 N–H and O–H groups in total. The van der Waals surface area contributed by atoms with Gasteiger partial charge in [0.1, 0.15) is 17.2 Å². The van der Waals surface area contributed by atoms with Gasteiger partial charge in [-0.1, -0.05) is 36.4 Å². The van der Waals surface area contributed by atoms with Gasteiger partial charge in [0.05, 0.1) is 5.69 Å². The maximum atomic E-state index is 6.36. The zero-order chi connectivity index (χ0) is 15.7. The van der Waals surface area contributed by atoms with Crippen LogP contribution in [-0.4, -0.2) is 11.7 Å². The van der Waals surface area contributed by atoms with E-state index in [-0.39, 0.29) is 6.71 Å². The van der Waals surface area contributed by atoms with Crippen molar-refractivity contribution in [3.8, 4) is 23.1 Å². The minimum Gasteiger partial charge on any atom is -0.458 e. The number of ether oxygens (including phenoxy) is 2. The van der Waals surface area contributed by atoms with Gasteiger partial charge >= 0.3 is 0 Å². The number of aromatic nitrogens is 1. The molecule has 2 aliphatic heterocycles. The molecule has 6 rings (SSSR count). The van der Waals surface area contributed by atoms with Gasteiger partial charge in [-0.15, -0.1) is 0 Å². The van der Waals surface area contributed by atoms with E-state index in [0.29, 0.717) is 0 Å². The smallest absolute Gasteiger partial charge is 0.262 e. The molecule has 114 valence electrons. The lowest BCUT2D eigenvalue weighted by Gasteiger charge is -2.33. The molecule has 2 aromatic carbocycles. The molecule has 0 amide bonds. The van der Waals surface area contributed by atoms with Crippen molar-refractivity contribution in [1.29, 1.82) is 0 Å². The van der Waals surface area contributed by atoms with Crippen LogP contribution in [0.5, 0.6) is 23.1 Å². The standard InChI is InChI=1S/C20H14BNO2/c1-3-10-16-13(7-1)21-14-8-2-4-11-17(14)24-20-18(21)19(23-16)12-6-5-9-15(12)22-20/h1-4,7-8,10-11H,5-6,9H2. The van der Waals surface area contributed by atoms with E-state index in [4.69, 9.17) is 14.5 Å². The van der Waals surface area contributed by atoms with Crippen molar-refractivity contribution in [1.82, 2.24) is 4.98 Å². The minimum atomic E-state index is 0.142. The lowest BCUT2D eigenvalue weighted by Crippen LogP contribution is -2.57. The van der Waals surface area contributed by atoms with Crippen LogP contribution in [0.4, 0.5) is 0 Å². The Balaban J connectivity index is 1.73. The number of hydrogen-bond acceptors (Lipinski definition) is 3. The summed E-state index contributed by atoms with van der Waals surface area (Å²) in [5, 5.41) is 0. The van der Waals surface area contributed by atoms with Crippen LogP contribution in [0.1, 0.15) is 17.7 Å². The summed E-state index contributed by atoms with van der Waals surface area (Å²) in [6.07, 6.45) is 3.19. The molecule has 1 aliphatic carbocycles. The van der Waals surface area contributed by atoms with Crippen LogP contribution in [0.2, 0.25) is 0 Å². The van der Waals surface area contributed by atoms with Crippen molar-refractivity contribution >= 4 is 23.1 Å². The third-order valence-electron chi connectivity index (χ3n) is 5.34. The monoisotopic (exact) mass is 311 g/mol. The molecule has 0 saturated heterocycles. The maximum absolute atomic E-state index is 6.36. The summed E-state index contributed by atoms with van der Waals surface area (Å²) in [6, 6.07) is 16.6. The Bertz CT molecular complexity index is 1000. The summed E-state index contributed by atoms with van der Waals surface area (Å²) in [6.45, 7) is 0.142. The van der Waals surface area contributed by atoms with Crippen LogP contribution in [0.15, 0.2) is 48.5 Å². The molecule has 0 unspecified atom stereocenters. The Morgan fingerprint density at radius 3 is 2.33 bits per heavy atom. The van der Waals surface area contributed by atoms with Gasteiger partial charge in [0.2, 0.25) is 5.88 Å². The van der Waals surface area contributed by atoms with Crippen molar-refractivity contribution < 1.29 is 9.47 Å². The van der Waals surface area contributed by atoms with E-state index in [9.17, 15) is 0 Å². The second kappa shape index (κ2) is 4.41. The van der Waals surface area contributed by atoms with Gasteiger partial charge in [-0.05, 0) is 42.3 Å². The molecule has 0 saturated carbocycles. The second-order valence-electron chi connectivity index (χ2n) is 6.65. The van der Waals surface area contributed by atoms with Gasteiger partial charge in [0.25, 0.3) is 6.71 Å². The van der Waals surface area contributed by atoms with Crippen molar-refractivity contribution in [2.75, 3.05) is 0 Å². The number of benzene rings is 2. The number of rotatable bonds is 0. The molecule has 3 aromatic rings. The molecular weight excluding hydrogens is 297 g/mol. The zero-order valence-electron chi connectivity index (χ0n) is 13.1. The lowest BCUT2D eigenvalue weighted by molar-refractivity contribution is 0.447. The largest absolute Gasteiger partial charge is 0.458 e. The van der Waals surface area contributed by atoms with E-state index in [0.717, 1.165) is 53.5 Å². The highest BCUT2D eigenvalue weighted by Gasteiger charge is 2.42. The van der Waals surface area contributed by atoms with Crippen LogP contribution in [0.25, 0.3) is 0 Å². The first kappa shape index (κ1) is 12.7. The lowest BCUT2D eigenvalue weighted by atomic mass is 9.35. The first-order chi connectivity index (χ1) is 11.9. The molecule has 4 heteroatoms. The van der Waals surface area contributed by atoms with E-state index >= 15 is 0 Å². The van der Waals surface area contributed by atoms with Gasteiger partial charge in [-0.3, -0.25) is 0 Å². The van der Waals surface area contributed by atoms with Gasteiger partial charge in [0.15, 0.2) is 0 Å². The summed E-state index contributed by atoms with van der Waals surface area (Å²) in [5.74, 6) is 3.58. The second-order valence-corrected chi connectivity index (χ2v) is 6.65. The molecule has 0 radical (unpaired) electrons. The van der Waals surface area contributed by atoms with Crippen molar-refractivity contribution in [3.05, 3.63) is 59.8 Å². The first-order valence-electron chi connectivity index (χ1n) is 8.49. The molecule has 0 atom stereocenters. The van der Waals surface area contributed by atoms with Crippen LogP contribution in [0, 0.1) is 0 Å². The third kappa shape index (κ3) is 1.51. The van der Waals surface area contributed by atoms with E-state index in [1.807, 2.05) is 18.2 Å². The highest BCUT2D eigenvalue weighted by atomic mass is 16.5. The number of aryl methyl sites for hydroxylation is 1. The van der Waals surface area contributed by atoms with Crippen molar-refractivity contribution in [3.63, 3.8) is 0 Å². The summed E-state index contributed by atoms with van der Waals surface area (Å²) in [5.41, 5.74) is 5.91. The van der Waals surface area contributed by atoms with Gasteiger partial charge < -0.3 is 9.47 Å². The minimum absolute atomic E-state index is 0.142. The molecule has 24 heavy (non-hydrogen) atoms. The Hall–Kier alpha value is -2.75. The number of fused-ring (bicyclic) bond motifs is 6. The fourth-order valence-corrected chi connectivity index (χ4v) is 4.30. The third-order valence-corrected chi connectivity index (χ3v) is 5.34. The molecule has 0 bridgehead atoms. The number of hydrogen-bond donors (Lipinski definition) is 0. The number of nitrogens with zero attached hydrogens (tertiary/aromatic N) is 1. The van der Waals surface area contributed by atoms with Crippen LogP contribution >= 0.6 is 0 Å². The average molecular weight is 311 g/mol. The van der Waals surface area contributed by atoms with Crippen LogP contribution < -0.4 is 25.9 Å². The average Bonchev–Trinajstić information content (AvgIpc) is 3.10. The number of para-hydroxylation sites is 2. The fraction of sp³-hybridized carbons (Fsp3) is 0.150. The van der Waals surface area contributed by atoms with Crippen molar-refractivity contribution in [2.45, 2.75) is 19.3 Å². The quantitative estimate of drug-likeness (QED) is 0.411. The van der Waals surface area contributed by atoms with E-state index in [2.05, 4.69) is 30.3 Å². The Labute approximate surface area is 140 Å². The Morgan fingerprint density at radius 1 is 0.833 bits per heavy atom. The molecule has 3 nitrogen and oxygen atoms in total. The molecular formula is C20H14BNO2. The predicted molar refractivity (Wildman–Crippen MR) is 94.0 cm³/mol. The zero-order valence-corrected chi connectivity index (χ0v) is 13.1. The molecule has 1 aromatic heterocycles. The predicted octanol–water partition coefficient (Wildman–Crippen LogP) is 2.30. The fourth-order valence-electron chi connectivity index (χ4n) is 4.30. The molecule has 3 heterocycles. The van der Waals surface area contributed by atoms with Crippen molar-refractivity contribution in [2.24, 2.45) is 0 Å². The highest BCUT2D eigenvalue weighted by molar-refractivity contribution is 6.98. The van der Waals surface area contributed by atoms with Gasteiger partial charge in [-0.25, -0.2) is 4.98 Å². The molecule has 0 spiro atoms. The van der Waals surface area contributed by atoms with E-state index in [1.54, 1.807) is 0 Å². The summed E-state index contributed by atoms with van der Waals surface area (Å²) >= 11 is 0. The SMILES string of the molecule is c1ccc2c(c1)Oc1nc3c(c4c1B2c1ccccc1O4)CCC3. The van der Waals surface area contributed by atoms with E-state index < -0.39 is 0 Å². The van der Waals surface area contributed by atoms with Crippen LogP contribution in [-0.2, 0) is 12.8 Å². The summed E-state index contributed by atoms with van der Waals surface area (Å²) in [7, 11) is 0.